The molecule has 0 aromatic carbocycles. The summed E-state index contributed by atoms with van der Waals surface area (Å²) in [6.45, 7) is 7.01. The van der Waals surface area contributed by atoms with Gasteiger partial charge in [-0.3, -0.25) is 4.79 Å². The predicted molar refractivity (Wildman–Crippen MR) is 66.0 cm³/mol. The Labute approximate surface area is 98.6 Å². The lowest BCUT2D eigenvalue weighted by Gasteiger charge is -2.22. The maximum Gasteiger partial charge on any atom is 0.235 e. The normalized spacial score (nSPS) is 25.8. The summed E-state index contributed by atoms with van der Waals surface area (Å²) in [6.07, 6.45) is 2.35. The average Bonchev–Trinajstić information content (AvgIpc) is 2.88. The molecule has 0 aromatic rings. The maximum atomic E-state index is 11.2. The van der Waals surface area contributed by atoms with Crippen molar-refractivity contribution in [1.29, 1.82) is 0 Å². The van der Waals surface area contributed by atoms with Gasteiger partial charge < -0.3 is 16.0 Å². The molecule has 0 heterocycles. The first-order valence-electron chi connectivity index (χ1n) is 6.25. The van der Waals surface area contributed by atoms with Crippen LogP contribution < -0.4 is 11.1 Å². The van der Waals surface area contributed by atoms with E-state index in [2.05, 4.69) is 31.1 Å². The number of likely N-dealkylation sites (N-methyl/N-ethyl adjacent to an activating group) is 1. The van der Waals surface area contributed by atoms with E-state index in [9.17, 15) is 4.79 Å². The first-order chi connectivity index (χ1) is 7.54. The zero-order valence-electron chi connectivity index (χ0n) is 10.7. The van der Waals surface area contributed by atoms with E-state index >= 15 is 0 Å². The van der Waals surface area contributed by atoms with Crippen LogP contribution in [0.1, 0.15) is 26.7 Å². The summed E-state index contributed by atoms with van der Waals surface area (Å²) in [5.41, 5.74) is 5.37. The lowest BCUT2D eigenvalue weighted by atomic mass is 10.2. The van der Waals surface area contributed by atoms with Gasteiger partial charge in [0.05, 0.1) is 6.04 Å². The van der Waals surface area contributed by atoms with Crippen molar-refractivity contribution in [2.24, 2.45) is 17.6 Å². The van der Waals surface area contributed by atoms with E-state index in [1.54, 1.807) is 0 Å². The Morgan fingerprint density at radius 2 is 2.25 bits per heavy atom. The van der Waals surface area contributed by atoms with Crippen LogP contribution in [0, 0.1) is 11.8 Å². The third kappa shape index (κ3) is 4.49. The van der Waals surface area contributed by atoms with E-state index in [0.29, 0.717) is 0 Å². The van der Waals surface area contributed by atoms with Crippen LogP contribution in [-0.2, 0) is 4.79 Å². The van der Waals surface area contributed by atoms with Crippen LogP contribution in [0.5, 0.6) is 0 Å². The minimum absolute atomic E-state index is 0.209. The summed E-state index contributed by atoms with van der Waals surface area (Å²) >= 11 is 0. The Bertz CT molecular complexity index is 232. The standard InChI is InChI=1S/C12H25N3O/c1-4-5-14-11(12(13)16)8-15(3)7-10-6-9(10)2/h9-11,14H,4-8H2,1-3H3,(H2,13,16). The van der Waals surface area contributed by atoms with Gasteiger partial charge >= 0.3 is 0 Å². The van der Waals surface area contributed by atoms with Crippen LogP contribution in [-0.4, -0.2) is 43.5 Å². The smallest absolute Gasteiger partial charge is 0.235 e. The molecule has 4 heteroatoms. The number of primary amides is 1. The molecular weight excluding hydrogens is 202 g/mol. The van der Waals surface area contributed by atoms with Crippen molar-refractivity contribution in [1.82, 2.24) is 10.2 Å². The second-order valence-electron chi connectivity index (χ2n) is 5.10. The van der Waals surface area contributed by atoms with Crippen molar-refractivity contribution in [2.75, 3.05) is 26.7 Å². The third-order valence-electron chi connectivity index (χ3n) is 3.30. The van der Waals surface area contributed by atoms with Crippen molar-refractivity contribution >= 4 is 5.91 Å². The van der Waals surface area contributed by atoms with Crippen LogP contribution >= 0.6 is 0 Å². The van der Waals surface area contributed by atoms with E-state index in [0.717, 1.165) is 37.9 Å². The predicted octanol–water partition coefficient (Wildman–Crippen LogP) is 0.428. The molecular formula is C12H25N3O. The summed E-state index contributed by atoms with van der Waals surface area (Å²) in [6, 6.07) is -0.209. The highest BCUT2D eigenvalue weighted by atomic mass is 16.1. The Balaban J connectivity index is 2.26. The molecule has 1 rings (SSSR count). The molecule has 0 bridgehead atoms. The van der Waals surface area contributed by atoms with Gasteiger partial charge in [0.1, 0.15) is 0 Å². The van der Waals surface area contributed by atoms with E-state index in [4.69, 9.17) is 5.73 Å². The van der Waals surface area contributed by atoms with Crippen molar-refractivity contribution in [3.63, 3.8) is 0 Å². The molecule has 0 aliphatic heterocycles. The first kappa shape index (κ1) is 13.5. The zero-order chi connectivity index (χ0) is 12.1. The number of nitrogens with one attached hydrogen (secondary N) is 1. The van der Waals surface area contributed by atoms with Crippen molar-refractivity contribution in [3.8, 4) is 0 Å². The zero-order valence-corrected chi connectivity index (χ0v) is 10.7. The summed E-state index contributed by atoms with van der Waals surface area (Å²) in [5.74, 6) is 1.44. The lowest BCUT2D eigenvalue weighted by Crippen LogP contribution is -2.48. The Hall–Kier alpha value is -0.610. The molecule has 4 nitrogen and oxygen atoms in total. The van der Waals surface area contributed by atoms with E-state index in [1.165, 1.54) is 6.42 Å². The van der Waals surface area contributed by atoms with Crippen LogP contribution in [0.25, 0.3) is 0 Å². The van der Waals surface area contributed by atoms with Gasteiger partial charge in [-0.05, 0) is 38.3 Å². The molecule has 3 atom stereocenters. The van der Waals surface area contributed by atoms with Crippen LogP contribution in [0.3, 0.4) is 0 Å². The number of hydrogen-bond acceptors (Lipinski definition) is 3. The Morgan fingerprint density at radius 3 is 2.69 bits per heavy atom. The summed E-state index contributed by atoms with van der Waals surface area (Å²) in [5, 5.41) is 3.19. The first-order valence-corrected chi connectivity index (χ1v) is 6.25. The highest BCUT2D eigenvalue weighted by Crippen LogP contribution is 2.37. The molecule has 94 valence electrons. The molecule has 0 saturated heterocycles. The van der Waals surface area contributed by atoms with E-state index in [1.807, 2.05) is 0 Å². The highest BCUT2D eigenvalue weighted by Gasteiger charge is 2.33. The molecule has 1 saturated carbocycles. The fourth-order valence-electron chi connectivity index (χ4n) is 2.01. The molecule has 3 N–H and O–H groups in total. The molecule has 1 aliphatic rings. The second-order valence-corrected chi connectivity index (χ2v) is 5.10. The Kier molecular flexibility index (Phi) is 5.22. The number of amides is 1. The van der Waals surface area contributed by atoms with Crippen molar-refractivity contribution < 1.29 is 4.79 Å². The van der Waals surface area contributed by atoms with Crippen LogP contribution in [0.4, 0.5) is 0 Å². The number of hydrogen-bond donors (Lipinski definition) is 2. The van der Waals surface area contributed by atoms with Gasteiger partial charge in [-0.1, -0.05) is 13.8 Å². The van der Waals surface area contributed by atoms with E-state index < -0.39 is 0 Å². The molecule has 3 unspecified atom stereocenters. The van der Waals surface area contributed by atoms with Crippen LogP contribution in [0.2, 0.25) is 0 Å². The van der Waals surface area contributed by atoms with Gasteiger partial charge in [-0.25, -0.2) is 0 Å². The molecule has 0 radical (unpaired) electrons. The SMILES string of the molecule is CCCNC(CN(C)CC1CC1C)C(N)=O. The number of nitrogens with zero attached hydrogens (tertiary/aromatic N) is 1. The second kappa shape index (κ2) is 6.21. The summed E-state index contributed by atoms with van der Waals surface area (Å²) in [4.78, 5) is 13.5. The fraction of sp³-hybridized carbons (Fsp3) is 0.917. The van der Waals surface area contributed by atoms with Crippen molar-refractivity contribution in [2.45, 2.75) is 32.7 Å². The van der Waals surface area contributed by atoms with Crippen molar-refractivity contribution in [3.05, 3.63) is 0 Å². The monoisotopic (exact) mass is 227 g/mol. The minimum atomic E-state index is -0.246. The van der Waals surface area contributed by atoms with Gasteiger partial charge in [-0.15, -0.1) is 0 Å². The largest absolute Gasteiger partial charge is 0.368 e. The van der Waals surface area contributed by atoms with Gasteiger partial charge in [0.25, 0.3) is 0 Å². The quantitative estimate of drug-likeness (QED) is 0.632. The summed E-state index contributed by atoms with van der Waals surface area (Å²) < 4.78 is 0. The fourth-order valence-corrected chi connectivity index (χ4v) is 2.01. The van der Waals surface area contributed by atoms with Crippen LogP contribution in [0.15, 0.2) is 0 Å². The lowest BCUT2D eigenvalue weighted by molar-refractivity contribution is -0.120. The van der Waals surface area contributed by atoms with E-state index in [-0.39, 0.29) is 11.9 Å². The molecule has 1 aliphatic carbocycles. The molecule has 1 amide bonds. The Morgan fingerprint density at radius 1 is 1.62 bits per heavy atom. The maximum absolute atomic E-state index is 11.2. The number of carbonyl (C=O) groups is 1. The number of nitrogens with two attached hydrogens (primary N) is 1. The number of rotatable bonds is 8. The summed E-state index contributed by atoms with van der Waals surface area (Å²) in [7, 11) is 2.06. The topological polar surface area (TPSA) is 58.4 Å². The van der Waals surface area contributed by atoms with Gasteiger partial charge in [0, 0.05) is 13.1 Å². The number of carbonyl (C=O) groups excluding carboxylic acids is 1. The van der Waals surface area contributed by atoms with Gasteiger partial charge in [-0.2, -0.15) is 0 Å². The van der Waals surface area contributed by atoms with Gasteiger partial charge in [0.2, 0.25) is 5.91 Å². The van der Waals surface area contributed by atoms with Gasteiger partial charge in [0.15, 0.2) is 0 Å². The third-order valence-corrected chi connectivity index (χ3v) is 3.30. The minimum Gasteiger partial charge on any atom is -0.368 e. The average molecular weight is 227 g/mol. The molecule has 0 aromatic heterocycles. The molecule has 1 fully saturated rings. The molecule has 16 heavy (non-hydrogen) atoms. The molecule has 0 spiro atoms. The highest BCUT2D eigenvalue weighted by molar-refractivity contribution is 5.80.